The van der Waals surface area contributed by atoms with E-state index in [0.29, 0.717) is 12.0 Å². The van der Waals surface area contributed by atoms with E-state index in [0.717, 1.165) is 36.8 Å². The predicted octanol–water partition coefficient (Wildman–Crippen LogP) is 2.07. The van der Waals surface area contributed by atoms with Gasteiger partial charge >= 0.3 is 0 Å². The molecule has 1 aliphatic carbocycles. The summed E-state index contributed by atoms with van der Waals surface area (Å²) < 4.78 is 5.94. The molecule has 3 atom stereocenters. The van der Waals surface area contributed by atoms with Crippen molar-refractivity contribution in [2.24, 2.45) is 17.1 Å². The van der Waals surface area contributed by atoms with Crippen LogP contribution < -0.4 is 11.1 Å². The summed E-state index contributed by atoms with van der Waals surface area (Å²) in [6, 6.07) is 0. The quantitative estimate of drug-likeness (QED) is 0.893. The van der Waals surface area contributed by atoms with Gasteiger partial charge in [0.2, 0.25) is 0 Å². The minimum absolute atomic E-state index is 0.0447. The number of ether oxygens (including phenoxy) is 1. The lowest BCUT2D eigenvalue weighted by Crippen LogP contribution is -2.80. The maximum atomic E-state index is 6.74. The first-order valence-corrected chi connectivity index (χ1v) is 8.35. The Labute approximate surface area is 125 Å². The van der Waals surface area contributed by atoms with Crippen LogP contribution in [0.5, 0.6) is 0 Å². The molecule has 0 aromatic carbocycles. The Bertz CT molecular complexity index is 487. The molecular formula is C15H25N3OS. The van der Waals surface area contributed by atoms with Crippen molar-refractivity contribution in [3.63, 3.8) is 0 Å². The van der Waals surface area contributed by atoms with Gasteiger partial charge in [0.05, 0.1) is 16.8 Å². The smallest absolute Gasteiger partial charge is 0.0897 e. The molecule has 20 heavy (non-hydrogen) atoms. The molecule has 1 saturated heterocycles. The normalized spacial score (nSPS) is 35.4. The Morgan fingerprint density at radius 3 is 3.05 bits per heavy atom. The highest BCUT2D eigenvalue weighted by Crippen LogP contribution is 2.56. The van der Waals surface area contributed by atoms with Crippen molar-refractivity contribution in [3.05, 3.63) is 16.1 Å². The third-order valence-electron chi connectivity index (χ3n) is 5.29. The zero-order valence-electron chi connectivity index (χ0n) is 12.6. The molecule has 1 aromatic heterocycles. The van der Waals surface area contributed by atoms with Crippen molar-refractivity contribution in [1.82, 2.24) is 10.3 Å². The van der Waals surface area contributed by atoms with Gasteiger partial charge < -0.3 is 15.8 Å². The second-order valence-electron chi connectivity index (χ2n) is 6.76. The highest BCUT2D eigenvalue weighted by molar-refractivity contribution is 7.09. The van der Waals surface area contributed by atoms with Crippen LogP contribution in [-0.4, -0.2) is 29.8 Å². The second kappa shape index (κ2) is 5.05. The van der Waals surface area contributed by atoms with Gasteiger partial charge in [0.15, 0.2) is 0 Å². The van der Waals surface area contributed by atoms with E-state index in [9.17, 15) is 0 Å². The van der Waals surface area contributed by atoms with E-state index in [-0.39, 0.29) is 11.0 Å². The van der Waals surface area contributed by atoms with Gasteiger partial charge in [0, 0.05) is 41.9 Å². The molecule has 4 nitrogen and oxygen atoms in total. The van der Waals surface area contributed by atoms with E-state index < -0.39 is 0 Å². The first-order valence-electron chi connectivity index (χ1n) is 7.47. The standard InChI is InChI=1S/C15H25N3OS/c1-10-18-11(8-20-10)7-17-9-15(16)12-5-4-6-19-13(12)14(15,2)3/h8,12-13,17H,4-7,9,16H2,1-3H3. The lowest BCUT2D eigenvalue weighted by molar-refractivity contribution is -0.225. The van der Waals surface area contributed by atoms with E-state index in [4.69, 9.17) is 10.5 Å². The third kappa shape index (κ3) is 2.11. The van der Waals surface area contributed by atoms with Crippen LogP contribution in [0.2, 0.25) is 0 Å². The molecule has 3 N–H and O–H groups in total. The fourth-order valence-corrected chi connectivity index (χ4v) is 4.52. The molecule has 1 aliphatic heterocycles. The molecule has 5 heteroatoms. The zero-order valence-corrected chi connectivity index (χ0v) is 13.4. The van der Waals surface area contributed by atoms with Crippen LogP contribution in [0.1, 0.15) is 37.4 Å². The summed E-state index contributed by atoms with van der Waals surface area (Å²) in [7, 11) is 0. The summed E-state index contributed by atoms with van der Waals surface area (Å²) in [6.07, 6.45) is 2.67. The lowest BCUT2D eigenvalue weighted by Gasteiger charge is -2.66. The maximum absolute atomic E-state index is 6.74. The molecule has 0 spiro atoms. The largest absolute Gasteiger partial charge is 0.377 e. The molecule has 3 rings (SSSR count). The molecular weight excluding hydrogens is 270 g/mol. The summed E-state index contributed by atoms with van der Waals surface area (Å²) in [5.41, 5.74) is 7.74. The Morgan fingerprint density at radius 1 is 1.55 bits per heavy atom. The molecule has 2 fully saturated rings. The molecule has 1 aromatic rings. The number of nitrogens with two attached hydrogens (primary N) is 1. The Balaban J connectivity index is 1.60. The van der Waals surface area contributed by atoms with Crippen molar-refractivity contribution in [1.29, 1.82) is 0 Å². The zero-order chi connectivity index (χ0) is 14.4. The number of nitrogens with one attached hydrogen (secondary N) is 1. The number of aryl methyl sites for hydroxylation is 1. The SMILES string of the molecule is Cc1nc(CNCC2(N)C3CCCOC3C2(C)C)cs1. The van der Waals surface area contributed by atoms with E-state index in [1.165, 1.54) is 6.42 Å². The molecule has 0 amide bonds. The van der Waals surface area contributed by atoms with Gasteiger partial charge in [-0.25, -0.2) is 4.98 Å². The average molecular weight is 295 g/mol. The van der Waals surface area contributed by atoms with E-state index in [2.05, 4.69) is 29.5 Å². The second-order valence-corrected chi connectivity index (χ2v) is 7.83. The monoisotopic (exact) mass is 295 g/mol. The number of fused-ring (bicyclic) bond motifs is 1. The van der Waals surface area contributed by atoms with Crippen molar-refractivity contribution in [2.75, 3.05) is 13.2 Å². The summed E-state index contributed by atoms with van der Waals surface area (Å²) in [4.78, 5) is 4.48. The van der Waals surface area contributed by atoms with Crippen molar-refractivity contribution in [3.8, 4) is 0 Å². The van der Waals surface area contributed by atoms with Gasteiger partial charge in [-0.2, -0.15) is 0 Å². The first-order chi connectivity index (χ1) is 9.45. The summed E-state index contributed by atoms with van der Waals surface area (Å²) in [5.74, 6) is 0.496. The molecule has 112 valence electrons. The minimum atomic E-state index is -0.164. The molecule has 0 bridgehead atoms. The summed E-state index contributed by atoms with van der Waals surface area (Å²) in [5, 5.41) is 6.74. The molecule has 2 heterocycles. The molecule has 0 radical (unpaired) electrons. The van der Waals surface area contributed by atoms with Gasteiger partial charge in [-0.3, -0.25) is 0 Å². The van der Waals surface area contributed by atoms with Gasteiger partial charge in [0.1, 0.15) is 0 Å². The van der Waals surface area contributed by atoms with Gasteiger partial charge in [0.25, 0.3) is 0 Å². The number of nitrogens with zero attached hydrogens (tertiary/aromatic N) is 1. The van der Waals surface area contributed by atoms with Crippen LogP contribution in [0, 0.1) is 18.3 Å². The van der Waals surface area contributed by atoms with Gasteiger partial charge in [-0.05, 0) is 19.8 Å². The van der Waals surface area contributed by atoms with Crippen LogP contribution in [0.25, 0.3) is 0 Å². The van der Waals surface area contributed by atoms with Crippen LogP contribution in [-0.2, 0) is 11.3 Å². The number of rotatable bonds is 4. The molecule has 3 unspecified atom stereocenters. The van der Waals surface area contributed by atoms with Gasteiger partial charge in [-0.15, -0.1) is 11.3 Å². The number of hydrogen-bond acceptors (Lipinski definition) is 5. The van der Waals surface area contributed by atoms with Crippen molar-refractivity contribution in [2.45, 2.75) is 51.8 Å². The van der Waals surface area contributed by atoms with Crippen LogP contribution in [0.15, 0.2) is 5.38 Å². The van der Waals surface area contributed by atoms with Crippen molar-refractivity contribution < 1.29 is 4.74 Å². The number of aromatic nitrogens is 1. The topological polar surface area (TPSA) is 60.2 Å². The number of thiazole rings is 1. The van der Waals surface area contributed by atoms with Gasteiger partial charge in [-0.1, -0.05) is 13.8 Å². The van der Waals surface area contributed by atoms with E-state index >= 15 is 0 Å². The molecule has 1 saturated carbocycles. The van der Waals surface area contributed by atoms with E-state index in [1.54, 1.807) is 11.3 Å². The Kier molecular flexibility index (Phi) is 3.65. The number of hydrogen-bond donors (Lipinski definition) is 2. The highest BCUT2D eigenvalue weighted by Gasteiger charge is 2.65. The minimum Gasteiger partial charge on any atom is -0.377 e. The average Bonchev–Trinajstić information content (AvgIpc) is 2.84. The molecule has 2 aliphatic rings. The Morgan fingerprint density at radius 2 is 2.35 bits per heavy atom. The highest BCUT2D eigenvalue weighted by atomic mass is 32.1. The summed E-state index contributed by atoms with van der Waals surface area (Å²) in [6.45, 7) is 9.06. The van der Waals surface area contributed by atoms with Crippen molar-refractivity contribution >= 4 is 11.3 Å². The lowest BCUT2D eigenvalue weighted by atomic mass is 9.46. The van der Waals surface area contributed by atoms with E-state index in [1.807, 2.05) is 6.92 Å². The summed E-state index contributed by atoms with van der Waals surface area (Å²) >= 11 is 1.70. The van der Waals surface area contributed by atoms with Crippen LogP contribution in [0.3, 0.4) is 0 Å². The Hall–Kier alpha value is -0.490. The maximum Gasteiger partial charge on any atom is 0.0897 e. The predicted molar refractivity (Wildman–Crippen MR) is 81.7 cm³/mol. The van der Waals surface area contributed by atoms with Crippen LogP contribution in [0.4, 0.5) is 0 Å². The fourth-order valence-electron chi connectivity index (χ4n) is 3.91. The third-order valence-corrected chi connectivity index (χ3v) is 6.11. The first kappa shape index (κ1) is 14.4. The fraction of sp³-hybridized carbons (Fsp3) is 0.800. The van der Waals surface area contributed by atoms with Crippen LogP contribution >= 0.6 is 11.3 Å².